The van der Waals surface area contributed by atoms with E-state index in [2.05, 4.69) is 45.1 Å². The molecule has 0 unspecified atom stereocenters. The second kappa shape index (κ2) is 14.3. The second-order valence-electron chi connectivity index (χ2n) is 15.9. The zero-order valence-corrected chi connectivity index (χ0v) is 31.2. The fraction of sp³-hybridized carbons (Fsp3) is 0.512. The summed E-state index contributed by atoms with van der Waals surface area (Å²) < 4.78 is 48.1. The van der Waals surface area contributed by atoms with Crippen molar-refractivity contribution < 1.29 is 22.7 Å². The Bertz CT molecular complexity index is 2060. The Morgan fingerprint density at radius 1 is 1.00 bits per heavy atom. The largest absolute Gasteiger partial charge is 0.481 e. The molecule has 54 heavy (non-hydrogen) atoms. The van der Waals surface area contributed by atoms with E-state index in [0.29, 0.717) is 65.9 Å². The van der Waals surface area contributed by atoms with Gasteiger partial charge < -0.3 is 24.3 Å². The minimum Gasteiger partial charge on any atom is -0.481 e. The number of aromatic nitrogens is 4. The number of benzene rings is 2. The summed E-state index contributed by atoms with van der Waals surface area (Å²) in [6.07, 6.45) is 5.97. The average molecular weight is 743 g/mol. The fourth-order valence-corrected chi connectivity index (χ4v) is 9.29. The van der Waals surface area contributed by atoms with Crippen LogP contribution in [-0.2, 0) is 4.79 Å². The summed E-state index contributed by atoms with van der Waals surface area (Å²) in [6.45, 7) is 15.1. The summed E-state index contributed by atoms with van der Waals surface area (Å²) in [6, 6.07) is 6.39. The third kappa shape index (κ3) is 6.85. The van der Waals surface area contributed by atoms with Crippen molar-refractivity contribution in [3.8, 4) is 16.9 Å². The number of piperidine rings is 3. The molecule has 1 amide bonds. The summed E-state index contributed by atoms with van der Waals surface area (Å²) in [5, 5.41) is 8.68. The number of nitrogens with zero attached hydrogens (tertiary/aromatic N) is 7. The van der Waals surface area contributed by atoms with Crippen molar-refractivity contribution in [2.75, 3.05) is 70.9 Å². The molecule has 286 valence electrons. The molecule has 10 nitrogen and oxygen atoms in total. The molecule has 4 fully saturated rings. The first-order chi connectivity index (χ1) is 26.0. The summed E-state index contributed by atoms with van der Waals surface area (Å²) in [7, 11) is 2.18. The van der Waals surface area contributed by atoms with Gasteiger partial charge in [-0.3, -0.25) is 9.89 Å². The van der Waals surface area contributed by atoms with Crippen molar-refractivity contribution in [3.63, 3.8) is 0 Å². The van der Waals surface area contributed by atoms with Gasteiger partial charge in [-0.25, -0.2) is 9.97 Å². The van der Waals surface area contributed by atoms with Gasteiger partial charge in [0.25, 0.3) is 0 Å². The molecule has 0 aliphatic carbocycles. The Labute approximate surface area is 314 Å². The van der Waals surface area contributed by atoms with Crippen LogP contribution in [0.25, 0.3) is 39.0 Å². The van der Waals surface area contributed by atoms with E-state index in [1.165, 1.54) is 6.08 Å². The van der Waals surface area contributed by atoms with Gasteiger partial charge in [-0.2, -0.15) is 18.3 Å². The molecule has 1 spiro atoms. The number of H-pyrrole nitrogens is 1. The molecule has 8 rings (SSSR count). The summed E-state index contributed by atoms with van der Waals surface area (Å²) >= 11 is 0. The van der Waals surface area contributed by atoms with Gasteiger partial charge in [0.1, 0.15) is 17.2 Å². The van der Waals surface area contributed by atoms with Crippen LogP contribution < -0.4 is 9.64 Å². The van der Waals surface area contributed by atoms with Crippen molar-refractivity contribution in [3.05, 3.63) is 60.6 Å². The lowest BCUT2D eigenvalue weighted by Gasteiger charge is -2.54. The van der Waals surface area contributed by atoms with Crippen molar-refractivity contribution in [2.24, 2.45) is 5.41 Å². The standard InChI is InChI=1S/C41H49F3N8O2/c1-5-27-21-30-36(37(54-25-41(42,43)44)35(27)34-26(3)7-8-32-31(34)22-45-48-32)46-38(28-9-17-50(18-10-28)29-11-15-49(4)16-12-29)47-39(30)51-19-13-40(14-20-51)23-52(24-40)33(53)6-2/h5-8,21-22,28-29H,1-2,9-20,23-25H2,3-4H3,(H,45,48). The predicted octanol–water partition coefficient (Wildman–Crippen LogP) is 6.95. The number of aryl methyl sites for hydroxylation is 1. The quantitative estimate of drug-likeness (QED) is 0.194. The van der Waals surface area contributed by atoms with Gasteiger partial charge in [0, 0.05) is 59.9 Å². The van der Waals surface area contributed by atoms with Crippen molar-refractivity contribution in [2.45, 2.75) is 63.6 Å². The molecule has 6 heterocycles. The van der Waals surface area contributed by atoms with E-state index in [9.17, 15) is 18.0 Å². The van der Waals surface area contributed by atoms with E-state index >= 15 is 0 Å². The number of amides is 1. The monoisotopic (exact) mass is 742 g/mol. The normalized spacial score (nSPS) is 20.5. The highest BCUT2D eigenvalue weighted by Crippen LogP contribution is 2.48. The highest BCUT2D eigenvalue weighted by molar-refractivity contribution is 6.07. The third-order valence-electron chi connectivity index (χ3n) is 12.4. The van der Waals surface area contributed by atoms with Gasteiger partial charge in [0.05, 0.1) is 11.7 Å². The highest BCUT2D eigenvalue weighted by Gasteiger charge is 2.46. The molecule has 2 aromatic carbocycles. The van der Waals surface area contributed by atoms with Crippen LogP contribution in [0.4, 0.5) is 19.0 Å². The first-order valence-corrected chi connectivity index (χ1v) is 19.2. The summed E-state index contributed by atoms with van der Waals surface area (Å²) in [4.78, 5) is 31.8. The number of fused-ring (bicyclic) bond motifs is 2. The first-order valence-electron chi connectivity index (χ1n) is 19.2. The number of likely N-dealkylation sites (tertiary alicyclic amines) is 3. The van der Waals surface area contributed by atoms with Crippen LogP contribution in [0, 0.1) is 12.3 Å². The number of carbonyl (C=O) groups is 1. The maximum absolute atomic E-state index is 14.1. The number of carbonyl (C=O) groups excluding carboxylic acids is 1. The predicted molar refractivity (Wildman–Crippen MR) is 206 cm³/mol. The number of anilines is 1. The summed E-state index contributed by atoms with van der Waals surface area (Å²) in [5.41, 5.74) is 3.92. The number of alkyl halides is 3. The van der Waals surface area contributed by atoms with Gasteiger partial charge >= 0.3 is 6.18 Å². The van der Waals surface area contributed by atoms with Gasteiger partial charge in [0.2, 0.25) is 5.91 Å². The Morgan fingerprint density at radius 2 is 1.72 bits per heavy atom. The van der Waals surface area contributed by atoms with E-state index < -0.39 is 12.8 Å². The van der Waals surface area contributed by atoms with E-state index in [1.54, 1.807) is 12.3 Å². The van der Waals surface area contributed by atoms with Crippen LogP contribution in [0.15, 0.2) is 43.6 Å². The molecule has 1 N–H and O–H groups in total. The Morgan fingerprint density at radius 3 is 2.39 bits per heavy atom. The number of halogens is 3. The molecule has 4 aliphatic heterocycles. The van der Waals surface area contributed by atoms with Gasteiger partial charge in [-0.1, -0.05) is 25.3 Å². The molecule has 4 aliphatic rings. The molecular formula is C41H49F3N8O2. The van der Waals surface area contributed by atoms with Gasteiger partial charge in [0.15, 0.2) is 12.4 Å². The lowest BCUT2D eigenvalue weighted by Crippen LogP contribution is -2.61. The second-order valence-corrected chi connectivity index (χ2v) is 15.9. The van der Waals surface area contributed by atoms with E-state index in [4.69, 9.17) is 14.7 Å². The van der Waals surface area contributed by atoms with Crippen LogP contribution in [0.5, 0.6) is 5.75 Å². The maximum atomic E-state index is 14.1. The van der Waals surface area contributed by atoms with Crippen LogP contribution in [0.1, 0.15) is 61.4 Å². The SMILES string of the molecule is C=CC(=O)N1CC2(CCN(c3nc(C4CCN(C5CCN(C)CC5)CC4)nc4c(OCC(F)(F)F)c(-c5c(C)ccc6[nH]ncc56)c(C=C)cc34)CC2)C1. The molecule has 2 aromatic heterocycles. The smallest absolute Gasteiger partial charge is 0.422 e. The Hall–Kier alpha value is -4.49. The molecule has 0 saturated carbocycles. The van der Waals surface area contributed by atoms with Crippen molar-refractivity contribution in [1.82, 2.24) is 34.9 Å². The summed E-state index contributed by atoms with van der Waals surface area (Å²) in [5.74, 6) is 1.45. The number of ether oxygens (including phenoxy) is 1. The van der Waals surface area contributed by atoms with Crippen LogP contribution in [0.3, 0.4) is 0 Å². The lowest BCUT2D eigenvalue weighted by atomic mass is 9.72. The zero-order chi connectivity index (χ0) is 37.8. The molecule has 0 radical (unpaired) electrons. The number of rotatable bonds is 8. The van der Waals surface area contributed by atoms with E-state index in [1.807, 2.05) is 30.0 Å². The van der Waals surface area contributed by atoms with Crippen molar-refractivity contribution >= 4 is 39.6 Å². The number of hydrogen-bond donors (Lipinski definition) is 1. The topological polar surface area (TPSA) is 93.7 Å². The minimum absolute atomic E-state index is 0.0445. The minimum atomic E-state index is -4.57. The third-order valence-corrected chi connectivity index (χ3v) is 12.4. The lowest BCUT2D eigenvalue weighted by molar-refractivity contribution is -0.153. The first kappa shape index (κ1) is 36.5. The average Bonchev–Trinajstić information content (AvgIpc) is 3.64. The van der Waals surface area contributed by atoms with Gasteiger partial charge in [-0.15, -0.1) is 0 Å². The Balaban J connectivity index is 1.24. The maximum Gasteiger partial charge on any atom is 0.422 e. The van der Waals surface area contributed by atoms with E-state index in [-0.39, 0.29) is 23.0 Å². The molecule has 4 aromatic rings. The van der Waals surface area contributed by atoms with E-state index in [0.717, 1.165) is 86.7 Å². The van der Waals surface area contributed by atoms with Crippen LogP contribution >= 0.6 is 0 Å². The Kier molecular flexibility index (Phi) is 9.66. The molecular weight excluding hydrogens is 693 g/mol. The van der Waals surface area contributed by atoms with Crippen LogP contribution in [-0.4, -0.2) is 119 Å². The molecule has 4 saturated heterocycles. The molecule has 13 heteroatoms. The number of aromatic amines is 1. The molecule has 0 atom stereocenters. The van der Waals surface area contributed by atoms with Crippen LogP contribution in [0.2, 0.25) is 0 Å². The number of hydrogen-bond acceptors (Lipinski definition) is 8. The molecule has 0 bridgehead atoms. The number of nitrogens with one attached hydrogen (secondary N) is 1. The van der Waals surface area contributed by atoms with Gasteiger partial charge in [-0.05, 0) is 114 Å². The highest BCUT2D eigenvalue weighted by atomic mass is 19.4. The van der Waals surface area contributed by atoms with Crippen molar-refractivity contribution in [1.29, 1.82) is 0 Å². The zero-order valence-electron chi connectivity index (χ0n) is 31.2. The fourth-order valence-electron chi connectivity index (χ4n) is 9.29.